The third-order valence-corrected chi connectivity index (χ3v) is 3.32. The summed E-state index contributed by atoms with van der Waals surface area (Å²) in [4.78, 5) is 16.2. The molecule has 1 amide bonds. The van der Waals surface area contributed by atoms with Crippen molar-refractivity contribution in [1.29, 1.82) is 0 Å². The topological polar surface area (TPSA) is 91.4 Å². The Kier molecular flexibility index (Phi) is 3.55. The maximum atomic E-state index is 11.9. The molecule has 2 aromatic rings. The van der Waals surface area contributed by atoms with Crippen molar-refractivity contribution in [1.82, 2.24) is 14.9 Å². The molecule has 2 heterocycles. The van der Waals surface area contributed by atoms with Gasteiger partial charge in [-0.1, -0.05) is 6.92 Å². The Labute approximate surface area is 122 Å². The molecule has 0 bridgehead atoms. The summed E-state index contributed by atoms with van der Waals surface area (Å²) in [7, 11) is 0. The van der Waals surface area contributed by atoms with E-state index in [4.69, 9.17) is 15.2 Å². The number of nitrogens with two attached hydrogens (primary N) is 1. The average Bonchev–Trinajstić information content (AvgIpc) is 2.78. The van der Waals surface area contributed by atoms with Crippen molar-refractivity contribution in [3.8, 4) is 11.5 Å². The van der Waals surface area contributed by atoms with Crippen molar-refractivity contribution in [3.05, 3.63) is 12.1 Å². The quantitative estimate of drug-likeness (QED) is 0.873. The van der Waals surface area contributed by atoms with Gasteiger partial charge in [0, 0.05) is 18.7 Å². The van der Waals surface area contributed by atoms with E-state index in [9.17, 15) is 4.79 Å². The first-order chi connectivity index (χ1) is 10.2. The van der Waals surface area contributed by atoms with Gasteiger partial charge < -0.3 is 25.1 Å². The Bertz CT molecular complexity index is 680. The minimum absolute atomic E-state index is 0.0854. The molecule has 0 atom stereocenters. The zero-order valence-electron chi connectivity index (χ0n) is 11.9. The molecule has 0 saturated carbocycles. The third kappa shape index (κ3) is 2.58. The molecule has 7 nitrogen and oxygen atoms in total. The Morgan fingerprint density at radius 3 is 2.81 bits per heavy atom. The summed E-state index contributed by atoms with van der Waals surface area (Å²) in [6, 6.07) is 3.61. The van der Waals surface area contributed by atoms with E-state index in [-0.39, 0.29) is 12.5 Å². The zero-order chi connectivity index (χ0) is 14.8. The number of hydrogen-bond donors (Lipinski definition) is 2. The number of carbonyl (C=O) groups excluding carboxylic acids is 1. The van der Waals surface area contributed by atoms with E-state index in [1.165, 1.54) is 0 Å². The first kappa shape index (κ1) is 13.5. The van der Waals surface area contributed by atoms with Crippen molar-refractivity contribution in [2.75, 3.05) is 25.5 Å². The molecular weight excluding hydrogens is 272 g/mol. The normalized spacial score (nSPS) is 13.4. The molecule has 112 valence electrons. The second kappa shape index (κ2) is 5.51. The molecule has 0 saturated heterocycles. The summed E-state index contributed by atoms with van der Waals surface area (Å²) < 4.78 is 12.8. The molecule has 3 N–H and O–H groups in total. The number of nitrogen functional groups attached to an aromatic ring is 1. The summed E-state index contributed by atoms with van der Waals surface area (Å²) in [5, 5.41) is 2.83. The van der Waals surface area contributed by atoms with Gasteiger partial charge in [-0.3, -0.25) is 4.79 Å². The highest BCUT2D eigenvalue weighted by molar-refractivity contribution is 5.85. The summed E-state index contributed by atoms with van der Waals surface area (Å²) >= 11 is 0. The van der Waals surface area contributed by atoms with Gasteiger partial charge in [-0.15, -0.1) is 0 Å². The van der Waals surface area contributed by atoms with Gasteiger partial charge in [-0.05, 0) is 6.42 Å². The first-order valence-corrected chi connectivity index (χ1v) is 7.01. The molecule has 1 aliphatic heterocycles. The first-order valence-electron chi connectivity index (χ1n) is 7.01. The van der Waals surface area contributed by atoms with Crippen LogP contribution >= 0.6 is 0 Å². The van der Waals surface area contributed by atoms with Gasteiger partial charge in [-0.2, -0.15) is 0 Å². The highest BCUT2D eigenvalue weighted by atomic mass is 16.6. The lowest BCUT2D eigenvalue weighted by Gasteiger charge is -2.18. The summed E-state index contributed by atoms with van der Waals surface area (Å²) in [6.07, 6.45) is 0.893. The van der Waals surface area contributed by atoms with Gasteiger partial charge in [0.25, 0.3) is 0 Å². The highest BCUT2D eigenvalue weighted by Crippen LogP contribution is 2.35. The maximum Gasteiger partial charge on any atom is 0.240 e. The predicted molar refractivity (Wildman–Crippen MR) is 78.4 cm³/mol. The van der Waals surface area contributed by atoms with Crippen molar-refractivity contribution >= 4 is 22.9 Å². The standard InChI is InChI=1S/C14H18N4O3/c1-2-3-16-13(19)8-18-10-7-12-11(20-4-5-21-12)6-9(10)17-14(18)15/h6-7H,2-5,8H2,1H3,(H2,15,17)(H,16,19). The minimum Gasteiger partial charge on any atom is -0.486 e. The number of nitrogens with one attached hydrogen (secondary N) is 1. The summed E-state index contributed by atoms with van der Waals surface area (Å²) in [5.74, 6) is 1.54. The molecule has 7 heteroatoms. The van der Waals surface area contributed by atoms with Crippen LogP contribution in [0.25, 0.3) is 11.0 Å². The van der Waals surface area contributed by atoms with E-state index in [2.05, 4.69) is 10.3 Å². The van der Waals surface area contributed by atoms with E-state index in [1.54, 1.807) is 10.6 Å². The molecule has 0 radical (unpaired) electrons. The number of aromatic nitrogens is 2. The number of ether oxygens (including phenoxy) is 2. The van der Waals surface area contributed by atoms with Gasteiger partial charge in [0.15, 0.2) is 11.5 Å². The second-order valence-electron chi connectivity index (χ2n) is 4.89. The average molecular weight is 290 g/mol. The second-order valence-corrected chi connectivity index (χ2v) is 4.89. The summed E-state index contributed by atoms with van der Waals surface area (Å²) in [6.45, 7) is 3.83. The number of benzene rings is 1. The predicted octanol–water partition coefficient (Wildman–Crippen LogP) is 0.916. The van der Waals surface area contributed by atoms with Gasteiger partial charge in [-0.25, -0.2) is 4.98 Å². The van der Waals surface area contributed by atoms with Crippen LogP contribution in [-0.2, 0) is 11.3 Å². The van der Waals surface area contributed by atoms with Crippen LogP contribution in [0.5, 0.6) is 11.5 Å². The van der Waals surface area contributed by atoms with Gasteiger partial charge >= 0.3 is 0 Å². The molecule has 21 heavy (non-hydrogen) atoms. The smallest absolute Gasteiger partial charge is 0.240 e. The van der Waals surface area contributed by atoms with Crippen LogP contribution in [0.2, 0.25) is 0 Å². The lowest BCUT2D eigenvalue weighted by Crippen LogP contribution is -2.28. The van der Waals surface area contributed by atoms with Gasteiger partial charge in [0.2, 0.25) is 11.9 Å². The molecule has 0 fully saturated rings. The van der Waals surface area contributed by atoms with E-state index in [1.807, 2.05) is 13.0 Å². The van der Waals surface area contributed by atoms with Gasteiger partial charge in [0.05, 0.1) is 11.0 Å². The Hall–Kier alpha value is -2.44. The lowest BCUT2D eigenvalue weighted by atomic mass is 10.2. The number of carbonyl (C=O) groups is 1. The number of amides is 1. The van der Waals surface area contributed by atoms with Crippen LogP contribution in [0.4, 0.5) is 5.95 Å². The molecule has 1 aliphatic rings. The molecule has 1 aromatic heterocycles. The minimum atomic E-state index is -0.0854. The molecule has 0 unspecified atom stereocenters. The molecule has 3 rings (SSSR count). The number of nitrogens with zero attached hydrogens (tertiary/aromatic N) is 2. The lowest BCUT2D eigenvalue weighted by molar-refractivity contribution is -0.121. The van der Waals surface area contributed by atoms with Crippen molar-refractivity contribution in [2.24, 2.45) is 0 Å². The van der Waals surface area contributed by atoms with Crippen LogP contribution in [0.15, 0.2) is 12.1 Å². The largest absolute Gasteiger partial charge is 0.486 e. The Balaban J connectivity index is 1.94. The fourth-order valence-corrected chi connectivity index (χ4v) is 2.31. The number of imidazole rings is 1. The highest BCUT2D eigenvalue weighted by Gasteiger charge is 2.18. The molecular formula is C14H18N4O3. The summed E-state index contributed by atoms with van der Waals surface area (Å²) in [5.41, 5.74) is 7.38. The Morgan fingerprint density at radius 2 is 2.10 bits per heavy atom. The maximum absolute atomic E-state index is 11.9. The molecule has 1 aromatic carbocycles. The number of hydrogen-bond acceptors (Lipinski definition) is 5. The van der Waals surface area contributed by atoms with E-state index < -0.39 is 0 Å². The van der Waals surface area contributed by atoms with Crippen molar-refractivity contribution in [3.63, 3.8) is 0 Å². The van der Waals surface area contributed by atoms with Crippen LogP contribution in [0, 0.1) is 0 Å². The monoisotopic (exact) mass is 290 g/mol. The van der Waals surface area contributed by atoms with E-state index >= 15 is 0 Å². The van der Waals surface area contributed by atoms with Crippen LogP contribution < -0.4 is 20.5 Å². The zero-order valence-corrected chi connectivity index (χ0v) is 11.9. The van der Waals surface area contributed by atoms with Gasteiger partial charge in [0.1, 0.15) is 19.8 Å². The van der Waals surface area contributed by atoms with E-state index in [0.717, 1.165) is 11.9 Å². The van der Waals surface area contributed by atoms with Crippen molar-refractivity contribution < 1.29 is 14.3 Å². The third-order valence-electron chi connectivity index (χ3n) is 3.32. The van der Waals surface area contributed by atoms with E-state index in [0.29, 0.717) is 42.7 Å². The SMILES string of the molecule is CCCNC(=O)Cn1c(N)nc2cc3c(cc21)OCCO3. The fourth-order valence-electron chi connectivity index (χ4n) is 2.31. The molecule has 0 spiro atoms. The van der Waals surface area contributed by atoms with Crippen LogP contribution in [-0.4, -0.2) is 35.2 Å². The number of rotatable bonds is 4. The number of anilines is 1. The van der Waals surface area contributed by atoms with Crippen LogP contribution in [0.1, 0.15) is 13.3 Å². The number of fused-ring (bicyclic) bond motifs is 2. The fraction of sp³-hybridized carbons (Fsp3) is 0.429. The Morgan fingerprint density at radius 1 is 1.38 bits per heavy atom. The molecule has 0 aliphatic carbocycles. The van der Waals surface area contributed by atoms with Crippen LogP contribution in [0.3, 0.4) is 0 Å². The van der Waals surface area contributed by atoms with Crippen molar-refractivity contribution in [2.45, 2.75) is 19.9 Å².